The van der Waals surface area contributed by atoms with Crippen molar-refractivity contribution in [3.63, 3.8) is 0 Å². The highest BCUT2D eigenvalue weighted by Crippen LogP contribution is 2.27. The minimum Gasteiger partial charge on any atom is -0.382 e. The fraction of sp³-hybridized carbons (Fsp3) is 0.500. The van der Waals surface area contributed by atoms with Gasteiger partial charge in [0, 0.05) is 19.6 Å². The van der Waals surface area contributed by atoms with Crippen molar-refractivity contribution in [2.75, 3.05) is 18.9 Å². The van der Waals surface area contributed by atoms with E-state index in [9.17, 15) is 9.18 Å². The molecule has 1 aromatic rings. The molecule has 0 heterocycles. The first-order valence-corrected chi connectivity index (χ1v) is 6.44. The van der Waals surface area contributed by atoms with Crippen LogP contribution in [0.15, 0.2) is 18.2 Å². The molecule has 3 nitrogen and oxygen atoms in total. The van der Waals surface area contributed by atoms with Gasteiger partial charge in [-0.2, -0.15) is 0 Å². The molecule has 1 N–H and O–H groups in total. The summed E-state index contributed by atoms with van der Waals surface area (Å²) in [5, 5.41) is 2.93. The fourth-order valence-electron chi connectivity index (χ4n) is 2.19. The number of carbonyl (C=O) groups is 1. The van der Waals surface area contributed by atoms with Crippen LogP contribution in [-0.2, 0) is 0 Å². The van der Waals surface area contributed by atoms with Gasteiger partial charge in [0.1, 0.15) is 5.82 Å². The summed E-state index contributed by atoms with van der Waals surface area (Å²) in [6.07, 6.45) is 3.27. The number of halogens is 1. The molecular weight excluding hydrogens is 231 g/mol. The van der Waals surface area contributed by atoms with E-state index in [2.05, 4.69) is 5.32 Å². The van der Waals surface area contributed by atoms with Crippen molar-refractivity contribution in [3.8, 4) is 0 Å². The van der Waals surface area contributed by atoms with Gasteiger partial charge in [-0.1, -0.05) is 6.07 Å². The lowest BCUT2D eigenvalue weighted by atomic mass is 9.91. The van der Waals surface area contributed by atoms with Crippen LogP contribution in [0.25, 0.3) is 0 Å². The Morgan fingerprint density at radius 3 is 2.78 bits per heavy atom. The number of nitrogens with zero attached hydrogens (tertiary/aromatic N) is 1. The first-order valence-electron chi connectivity index (χ1n) is 6.44. The Hall–Kier alpha value is -1.58. The standard InChI is InChI=1S/C14H19FN2O/c1-3-16-13-11(8-5-9-12(13)15)14(18)17(2)10-6-4-7-10/h5,8-10,16H,3-4,6-7H2,1-2H3. The summed E-state index contributed by atoms with van der Waals surface area (Å²) in [6, 6.07) is 4.95. The molecule has 0 atom stereocenters. The van der Waals surface area contributed by atoms with Gasteiger partial charge in [-0.15, -0.1) is 0 Å². The zero-order valence-electron chi connectivity index (χ0n) is 10.9. The van der Waals surface area contributed by atoms with E-state index in [1.807, 2.05) is 6.92 Å². The highest BCUT2D eigenvalue weighted by atomic mass is 19.1. The van der Waals surface area contributed by atoms with Gasteiger partial charge in [0.15, 0.2) is 0 Å². The summed E-state index contributed by atoms with van der Waals surface area (Å²) in [7, 11) is 1.80. The summed E-state index contributed by atoms with van der Waals surface area (Å²) in [4.78, 5) is 14.1. The maximum atomic E-state index is 13.7. The molecule has 1 amide bonds. The van der Waals surface area contributed by atoms with E-state index in [1.165, 1.54) is 12.5 Å². The summed E-state index contributed by atoms with van der Waals surface area (Å²) >= 11 is 0. The molecule has 1 fully saturated rings. The normalized spacial score (nSPS) is 15.1. The molecule has 1 aliphatic carbocycles. The number of amides is 1. The second-order valence-electron chi connectivity index (χ2n) is 4.69. The zero-order chi connectivity index (χ0) is 13.1. The Balaban J connectivity index is 2.25. The van der Waals surface area contributed by atoms with Gasteiger partial charge < -0.3 is 10.2 Å². The summed E-state index contributed by atoms with van der Waals surface area (Å²) in [5.41, 5.74) is 0.738. The third kappa shape index (κ3) is 2.33. The van der Waals surface area contributed by atoms with Crippen LogP contribution in [0.3, 0.4) is 0 Å². The van der Waals surface area contributed by atoms with Crippen LogP contribution in [0.2, 0.25) is 0 Å². The van der Waals surface area contributed by atoms with Crippen molar-refractivity contribution in [2.24, 2.45) is 0 Å². The monoisotopic (exact) mass is 250 g/mol. The maximum Gasteiger partial charge on any atom is 0.256 e. The van der Waals surface area contributed by atoms with Gasteiger partial charge in [-0.05, 0) is 38.3 Å². The number of para-hydroxylation sites is 1. The first-order chi connectivity index (χ1) is 8.65. The van der Waals surface area contributed by atoms with Crippen LogP contribution in [-0.4, -0.2) is 30.4 Å². The Morgan fingerprint density at radius 2 is 2.22 bits per heavy atom. The van der Waals surface area contributed by atoms with Crippen molar-refractivity contribution in [2.45, 2.75) is 32.2 Å². The smallest absolute Gasteiger partial charge is 0.256 e. The predicted octanol–water partition coefficient (Wildman–Crippen LogP) is 2.88. The van der Waals surface area contributed by atoms with Crippen molar-refractivity contribution < 1.29 is 9.18 Å². The molecule has 2 rings (SSSR count). The Bertz CT molecular complexity index is 443. The summed E-state index contributed by atoms with van der Waals surface area (Å²) < 4.78 is 13.7. The predicted molar refractivity (Wildman–Crippen MR) is 70.3 cm³/mol. The molecule has 0 unspecified atom stereocenters. The SMILES string of the molecule is CCNc1c(F)cccc1C(=O)N(C)C1CCC1. The van der Waals surface area contributed by atoms with Gasteiger partial charge >= 0.3 is 0 Å². The number of benzene rings is 1. The zero-order valence-corrected chi connectivity index (χ0v) is 10.9. The summed E-state index contributed by atoms with van der Waals surface area (Å²) in [6.45, 7) is 2.48. The van der Waals surface area contributed by atoms with E-state index in [4.69, 9.17) is 0 Å². The first kappa shape index (κ1) is 12.9. The molecule has 1 saturated carbocycles. The Labute approximate surface area is 107 Å². The van der Waals surface area contributed by atoms with Crippen molar-refractivity contribution in [3.05, 3.63) is 29.6 Å². The minimum atomic E-state index is -0.371. The summed E-state index contributed by atoms with van der Waals surface area (Å²) in [5.74, 6) is -0.472. The van der Waals surface area contributed by atoms with E-state index in [1.54, 1.807) is 24.1 Å². The van der Waals surface area contributed by atoms with Gasteiger partial charge in [0.25, 0.3) is 5.91 Å². The van der Waals surface area contributed by atoms with Crippen LogP contribution >= 0.6 is 0 Å². The molecule has 1 aliphatic rings. The Kier molecular flexibility index (Phi) is 3.84. The van der Waals surface area contributed by atoms with Crippen molar-refractivity contribution >= 4 is 11.6 Å². The number of hydrogen-bond donors (Lipinski definition) is 1. The van der Waals surface area contributed by atoms with Crippen LogP contribution in [0.5, 0.6) is 0 Å². The van der Waals surface area contributed by atoms with Gasteiger partial charge in [0.2, 0.25) is 0 Å². The van der Waals surface area contributed by atoms with Crippen molar-refractivity contribution in [1.82, 2.24) is 4.90 Å². The number of carbonyl (C=O) groups excluding carboxylic acids is 1. The molecule has 0 aromatic heterocycles. The molecule has 0 aliphatic heterocycles. The molecule has 0 bridgehead atoms. The lowest BCUT2D eigenvalue weighted by molar-refractivity contribution is 0.0652. The van der Waals surface area contributed by atoms with Crippen LogP contribution < -0.4 is 5.32 Å². The second-order valence-corrected chi connectivity index (χ2v) is 4.69. The quantitative estimate of drug-likeness (QED) is 0.891. The number of anilines is 1. The Morgan fingerprint density at radius 1 is 1.50 bits per heavy atom. The third-order valence-corrected chi connectivity index (χ3v) is 3.54. The average molecular weight is 250 g/mol. The lowest BCUT2D eigenvalue weighted by Gasteiger charge is -2.35. The van der Waals surface area contributed by atoms with E-state index in [0.29, 0.717) is 23.8 Å². The minimum absolute atomic E-state index is 0.102. The molecule has 18 heavy (non-hydrogen) atoms. The molecule has 98 valence electrons. The largest absolute Gasteiger partial charge is 0.382 e. The topological polar surface area (TPSA) is 32.3 Å². The third-order valence-electron chi connectivity index (χ3n) is 3.54. The van der Waals surface area contributed by atoms with E-state index < -0.39 is 0 Å². The highest BCUT2D eigenvalue weighted by molar-refractivity contribution is 5.99. The van der Waals surface area contributed by atoms with Crippen LogP contribution in [0, 0.1) is 5.82 Å². The maximum absolute atomic E-state index is 13.7. The second kappa shape index (κ2) is 5.38. The van der Waals surface area contributed by atoms with Crippen LogP contribution in [0.1, 0.15) is 36.5 Å². The highest BCUT2D eigenvalue weighted by Gasteiger charge is 2.27. The van der Waals surface area contributed by atoms with Gasteiger partial charge in [-0.25, -0.2) is 4.39 Å². The van der Waals surface area contributed by atoms with Gasteiger partial charge in [-0.3, -0.25) is 4.79 Å². The molecular formula is C14H19FN2O. The fourth-order valence-corrected chi connectivity index (χ4v) is 2.19. The van der Waals surface area contributed by atoms with E-state index in [-0.39, 0.29) is 11.7 Å². The van der Waals surface area contributed by atoms with Crippen LogP contribution in [0.4, 0.5) is 10.1 Å². The molecule has 0 spiro atoms. The number of rotatable bonds is 4. The lowest BCUT2D eigenvalue weighted by Crippen LogP contribution is -2.41. The molecule has 1 aromatic carbocycles. The van der Waals surface area contributed by atoms with Gasteiger partial charge in [0.05, 0.1) is 11.3 Å². The molecule has 4 heteroatoms. The molecule has 0 radical (unpaired) electrons. The van der Waals surface area contributed by atoms with E-state index >= 15 is 0 Å². The van der Waals surface area contributed by atoms with Crippen molar-refractivity contribution in [1.29, 1.82) is 0 Å². The van der Waals surface area contributed by atoms with E-state index in [0.717, 1.165) is 12.8 Å². The number of hydrogen-bond acceptors (Lipinski definition) is 2. The average Bonchev–Trinajstić information content (AvgIpc) is 2.29. The number of nitrogens with one attached hydrogen (secondary N) is 1. The molecule has 0 saturated heterocycles.